The summed E-state index contributed by atoms with van der Waals surface area (Å²) < 4.78 is 4.53. The average Bonchev–Trinajstić information content (AvgIpc) is 2.31. The molecule has 0 saturated heterocycles. The number of hydrogen-bond acceptors (Lipinski definition) is 3. The van der Waals surface area contributed by atoms with Crippen molar-refractivity contribution < 1.29 is 9.53 Å². The Morgan fingerprint density at radius 1 is 1.38 bits per heavy atom. The molecule has 1 rings (SSSR count). The predicted octanol–water partition coefficient (Wildman–Crippen LogP) is 1.96. The summed E-state index contributed by atoms with van der Waals surface area (Å²) >= 11 is 0. The van der Waals surface area contributed by atoms with Gasteiger partial charge in [0, 0.05) is 24.1 Å². The predicted molar refractivity (Wildman–Crippen MR) is 63.6 cm³/mol. The van der Waals surface area contributed by atoms with Crippen LogP contribution in [0.5, 0.6) is 0 Å². The van der Waals surface area contributed by atoms with Crippen LogP contribution in [0.3, 0.4) is 0 Å². The quantitative estimate of drug-likeness (QED) is 0.364. The number of nitrogen functional groups attached to an aromatic ring is 1. The van der Waals surface area contributed by atoms with Crippen LogP contribution in [0.1, 0.15) is 24.8 Å². The molecule has 16 heavy (non-hydrogen) atoms. The fourth-order valence-corrected chi connectivity index (χ4v) is 1.15. The molecule has 0 radical (unpaired) electrons. The second-order valence-electron chi connectivity index (χ2n) is 3.35. The van der Waals surface area contributed by atoms with Crippen molar-refractivity contribution in [2.45, 2.75) is 19.3 Å². The molecule has 0 atom stereocenters. The summed E-state index contributed by atoms with van der Waals surface area (Å²) in [4.78, 5) is 10.8. The van der Waals surface area contributed by atoms with Crippen molar-refractivity contribution in [1.29, 1.82) is 0 Å². The van der Waals surface area contributed by atoms with Gasteiger partial charge in [0.15, 0.2) is 0 Å². The number of unbranched alkanes of at least 4 members (excludes halogenated alkanes) is 1. The third-order valence-corrected chi connectivity index (χ3v) is 2.05. The van der Waals surface area contributed by atoms with Crippen LogP contribution in [0.25, 0.3) is 0 Å². The fourth-order valence-electron chi connectivity index (χ4n) is 1.15. The molecule has 0 aliphatic heterocycles. The minimum absolute atomic E-state index is 0.186. The number of carbonyl (C=O) groups excluding carboxylic acids is 1. The SMILES string of the molecule is COC(=O)CCCC#Cc1ccc(N)cc1. The first-order chi connectivity index (χ1) is 7.72. The van der Waals surface area contributed by atoms with Crippen molar-refractivity contribution in [3.8, 4) is 11.8 Å². The van der Waals surface area contributed by atoms with E-state index in [2.05, 4.69) is 16.6 Å². The van der Waals surface area contributed by atoms with E-state index in [0.717, 1.165) is 17.7 Å². The lowest BCUT2D eigenvalue weighted by Crippen LogP contribution is -1.98. The maximum Gasteiger partial charge on any atom is 0.305 e. The Labute approximate surface area is 95.6 Å². The molecular weight excluding hydrogens is 202 g/mol. The number of rotatable bonds is 3. The van der Waals surface area contributed by atoms with Gasteiger partial charge < -0.3 is 10.5 Å². The molecule has 0 aliphatic rings. The van der Waals surface area contributed by atoms with E-state index in [1.807, 2.05) is 24.3 Å². The maximum atomic E-state index is 10.8. The number of benzene rings is 1. The molecule has 2 N–H and O–H groups in total. The van der Waals surface area contributed by atoms with Crippen LogP contribution in [0.4, 0.5) is 5.69 Å². The number of carbonyl (C=O) groups is 1. The number of esters is 1. The third kappa shape index (κ3) is 4.52. The molecule has 0 amide bonds. The van der Waals surface area contributed by atoms with Crippen molar-refractivity contribution in [1.82, 2.24) is 0 Å². The number of ether oxygens (including phenoxy) is 1. The zero-order chi connectivity index (χ0) is 11.8. The van der Waals surface area contributed by atoms with Gasteiger partial charge in [-0.25, -0.2) is 0 Å². The third-order valence-electron chi connectivity index (χ3n) is 2.05. The minimum atomic E-state index is -0.186. The molecule has 3 nitrogen and oxygen atoms in total. The second kappa shape index (κ2) is 6.52. The Kier molecular flexibility index (Phi) is 4.94. The van der Waals surface area contributed by atoms with Crippen LogP contribution >= 0.6 is 0 Å². The average molecular weight is 217 g/mol. The highest BCUT2D eigenvalue weighted by atomic mass is 16.5. The van der Waals surface area contributed by atoms with E-state index in [-0.39, 0.29) is 5.97 Å². The highest BCUT2D eigenvalue weighted by molar-refractivity contribution is 5.69. The van der Waals surface area contributed by atoms with Gasteiger partial charge in [-0.05, 0) is 30.7 Å². The lowest BCUT2D eigenvalue weighted by molar-refractivity contribution is -0.140. The summed E-state index contributed by atoms with van der Waals surface area (Å²) in [6.07, 6.45) is 1.85. The molecular formula is C13H15NO2. The van der Waals surface area contributed by atoms with Gasteiger partial charge in [0.2, 0.25) is 0 Å². The first kappa shape index (κ1) is 12.1. The van der Waals surface area contributed by atoms with E-state index in [9.17, 15) is 4.79 Å². The van der Waals surface area contributed by atoms with E-state index >= 15 is 0 Å². The van der Waals surface area contributed by atoms with Crippen LogP contribution in [0.15, 0.2) is 24.3 Å². The van der Waals surface area contributed by atoms with Crippen molar-refractivity contribution in [3.05, 3.63) is 29.8 Å². The number of methoxy groups -OCH3 is 1. The van der Waals surface area contributed by atoms with Crippen LogP contribution in [0, 0.1) is 11.8 Å². The summed E-state index contributed by atoms with van der Waals surface area (Å²) in [6, 6.07) is 7.39. The normalized spacial score (nSPS) is 9.06. The van der Waals surface area contributed by atoms with Gasteiger partial charge in [0.1, 0.15) is 0 Å². The van der Waals surface area contributed by atoms with Crippen LogP contribution in [-0.2, 0) is 9.53 Å². The summed E-state index contributed by atoms with van der Waals surface area (Å²) in [5.74, 6) is 5.82. The number of nitrogens with two attached hydrogens (primary N) is 1. The van der Waals surface area contributed by atoms with E-state index < -0.39 is 0 Å². The Morgan fingerprint density at radius 3 is 2.69 bits per heavy atom. The molecule has 0 unspecified atom stereocenters. The lowest BCUT2D eigenvalue weighted by atomic mass is 10.2. The largest absolute Gasteiger partial charge is 0.469 e. The van der Waals surface area contributed by atoms with Crippen molar-refractivity contribution in [2.75, 3.05) is 12.8 Å². The Balaban J connectivity index is 2.32. The first-order valence-corrected chi connectivity index (χ1v) is 5.13. The van der Waals surface area contributed by atoms with Crippen LogP contribution in [0.2, 0.25) is 0 Å². The summed E-state index contributed by atoms with van der Waals surface area (Å²) in [6.45, 7) is 0. The van der Waals surface area contributed by atoms with Gasteiger partial charge in [0.05, 0.1) is 7.11 Å². The Hall–Kier alpha value is -1.95. The molecule has 1 aromatic carbocycles. The summed E-state index contributed by atoms with van der Waals surface area (Å²) in [5, 5.41) is 0. The lowest BCUT2D eigenvalue weighted by Gasteiger charge is -1.94. The van der Waals surface area contributed by atoms with E-state index in [1.165, 1.54) is 7.11 Å². The van der Waals surface area contributed by atoms with Crippen LogP contribution < -0.4 is 5.73 Å². The Bertz CT molecular complexity index is 398. The van der Waals surface area contributed by atoms with Gasteiger partial charge in [-0.15, -0.1) is 0 Å². The smallest absolute Gasteiger partial charge is 0.305 e. The van der Waals surface area contributed by atoms with Gasteiger partial charge in [-0.1, -0.05) is 11.8 Å². The van der Waals surface area contributed by atoms with Gasteiger partial charge in [0.25, 0.3) is 0 Å². The van der Waals surface area contributed by atoms with Gasteiger partial charge in [-0.3, -0.25) is 4.79 Å². The Morgan fingerprint density at radius 2 is 2.06 bits per heavy atom. The minimum Gasteiger partial charge on any atom is -0.469 e. The highest BCUT2D eigenvalue weighted by Crippen LogP contribution is 2.04. The zero-order valence-electron chi connectivity index (χ0n) is 9.32. The zero-order valence-corrected chi connectivity index (χ0v) is 9.32. The van der Waals surface area contributed by atoms with Crippen molar-refractivity contribution in [3.63, 3.8) is 0 Å². The molecule has 0 saturated carbocycles. The molecule has 0 bridgehead atoms. The van der Waals surface area contributed by atoms with Crippen molar-refractivity contribution >= 4 is 11.7 Å². The van der Waals surface area contributed by atoms with Gasteiger partial charge in [-0.2, -0.15) is 0 Å². The van der Waals surface area contributed by atoms with Crippen molar-refractivity contribution in [2.24, 2.45) is 0 Å². The summed E-state index contributed by atoms with van der Waals surface area (Å²) in [7, 11) is 1.39. The second-order valence-corrected chi connectivity index (χ2v) is 3.35. The standard InChI is InChI=1S/C13H15NO2/c1-16-13(15)6-4-2-3-5-11-7-9-12(14)10-8-11/h7-10H,2,4,6,14H2,1H3. The highest BCUT2D eigenvalue weighted by Gasteiger charge is 1.96. The van der Waals surface area contributed by atoms with E-state index in [4.69, 9.17) is 5.73 Å². The number of hydrogen-bond donors (Lipinski definition) is 1. The molecule has 0 heterocycles. The molecule has 0 spiro atoms. The maximum absolute atomic E-state index is 10.8. The topological polar surface area (TPSA) is 52.3 Å². The molecule has 1 aromatic rings. The van der Waals surface area contributed by atoms with Gasteiger partial charge >= 0.3 is 5.97 Å². The summed E-state index contributed by atoms with van der Waals surface area (Å²) in [5.41, 5.74) is 7.22. The molecule has 0 aromatic heterocycles. The number of anilines is 1. The molecule has 84 valence electrons. The van der Waals surface area contributed by atoms with E-state index in [1.54, 1.807) is 0 Å². The van der Waals surface area contributed by atoms with Crippen LogP contribution in [-0.4, -0.2) is 13.1 Å². The molecule has 3 heteroatoms. The van der Waals surface area contributed by atoms with E-state index in [0.29, 0.717) is 12.8 Å². The first-order valence-electron chi connectivity index (χ1n) is 5.13. The molecule has 0 fully saturated rings. The monoisotopic (exact) mass is 217 g/mol. The fraction of sp³-hybridized carbons (Fsp3) is 0.308. The molecule has 0 aliphatic carbocycles.